The number of carbonyl (C=O) groups excluding carboxylic acids is 1. The number of aliphatic hydroxyl groups is 1. The molecular weight excluding hydrogens is 198 g/mol. The maximum absolute atomic E-state index is 11.2. The summed E-state index contributed by atoms with van der Waals surface area (Å²) in [4.78, 5) is 11.2. The van der Waals surface area contributed by atoms with Gasteiger partial charge in [0.2, 0.25) is 0 Å². The molecule has 1 aromatic heterocycles. The van der Waals surface area contributed by atoms with Gasteiger partial charge in [-0.3, -0.25) is 0 Å². The number of esters is 1. The largest absolute Gasteiger partial charge is 0.511 e. The van der Waals surface area contributed by atoms with Crippen molar-refractivity contribution in [3.8, 4) is 6.07 Å². The van der Waals surface area contributed by atoms with Crippen LogP contribution in [0.15, 0.2) is 34.3 Å². The van der Waals surface area contributed by atoms with E-state index >= 15 is 0 Å². The molecule has 0 aromatic carbocycles. The summed E-state index contributed by atoms with van der Waals surface area (Å²) >= 11 is 0. The van der Waals surface area contributed by atoms with Crippen LogP contribution in [-0.4, -0.2) is 11.1 Å². The van der Waals surface area contributed by atoms with Gasteiger partial charge in [0.1, 0.15) is 18.4 Å². The summed E-state index contributed by atoms with van der Waals surface area (Å²) in [7, 11) is 0. The quantitative estimate of drug-likeness (QED) is 0.353. The van der Waals surface area contributed by atoms with Crippen molar-refractivity contribution in [2.24, 2.45) is 0 Å². The van der Waals surface area contributed by atoms with Gasteiger partial charge in [0.05, 0.1) is 12.5 Å². The zero-order valence-corrected chi connectivity index (χ0v) is 8.06. The molecular formula is C10H9NO4. The highest BCUT2D eigenvalue weighted by Gasteiger charge is 2.14. The molecule has 0 amide bonds. The van der Waals surface area contributed by atoms with Crippen LogP contribution in [0.1, 0.15) is 12.5 Å². The molecule has 15 heavy (non-hydrogen) atoms. The van der Waals surface area contributed by atoms with E-state index in [9.17, 15) is 4.79 Å². The van der Waals surface area contributed by atoms with Crippen LogP contribution in [0.2, 0.25) is 0 Å². The first kappa shape index (κ1) is 10.9. The minimum Gasteiger partial charge on any atom is -0.511 e. The predicted molar refractivity (Wildman–Crippen MR) is 49.4 cm³/mol. The molecule has 0 aliphatic heterocycles. The van der Waals surface area contributed by atoms with Gasteiger partial charge < -0.3 is 14.3 Å². The van der Waals surface area contributed by atoms with E-state index in [1.807, 2.05) is 0 Å². The maximum atomic E-state index is 11.2. The van der Waals surface area contributed by atoms with Gasteiger partial charge >= 0.3 is 5.97 Å². The van der Waals surface area contributed by atoms with Gasteiger partial charge in [-0.25, -0.2) is 4.79 Å². The zero-order chi connectivity index (χ0) is 11.3. The number of rotatable bonds is 3. The van der Waals surface area contributed by atoms with Gasteiger partial charge in [-0.1, -0.05) is 0 Å². The Morgan fingerprint density at radius 2 is 2.47 bits per heavy atom. The Morgan fingerprint density at radius 3 is 2.93 bits per heavy atom. The van der Waals surface area contributed by atoms with Gasteiger partial charge in [0, 0.05) is 5.56 Å². The topological polar surface area (TPSA) is 83.5 Å². The SMILES string of the molecule is CC(O)=C(C#N)C(=O)OCc1ccoc1. The molecule has 0 saturated heterocycles. The Morgan fingerprint density at radius 1 is 1.73 bits per heavy atom. The van der Waals surface area contributed by atoms with Gasteiger partial charge in [-0.05, 0) is 13.0 Å². The highest BCUT2D eigenvalue weighted by atomic mass is 16.5. The Balaban J connectivity index is 2.58. The van der Waals surface area contributed by atoms with Crippen LogP contribution in [0.25, 0.3) is 0 Å². The first-order valence-corrected chi connectivity index (χ1v) is 4.13. The number of nitriles is 1. The van der Waals surface area contributed by atoms with Crippen molar-refractivity contribution in [1.82, 2.24) is 0 Å². The average Bonchev–Trinajstić information content (AvgIpc) is 2.67. The third-order valence-corrected chi connectivity index (χ3v) is 1.63. The predicted octanol–water partition coefficient (Wildman–Crippen LogP) is 1.68. The number of carbonyl (C=O) groups is 1. The van der Waals surface area contributed by atoms with Crippen molar-refractivity contribution in [1.29, 1.82) is 5.26 Å². The van der Waals surface area contributed by atoms with E-state index in [1.165, 1.54) is 19.5 Å². The minimum absolute atomic E-state index is 0.00773. The van der Waals surface area contributed by atoms with Gasteiger partial charge in [-0.2, -0.15) is 5.26 Å². The summed E-state index contributed by atoms with van der Waals surface area (Å²) in [5, 5.41) is 17.5. The van der Waals surface area contributed by atoms with E-state index in [1.54, 1.807) is 12.1 Å². The smallest absolute Gasteiger partial charge is 0.352 e. The molecule has 0 aliphatic carbocycles. The summed E-state index contributed by atoms with van der Waals surface area (Å²) in [5.41, 5.74) is 0.287. The number of hydrogen-bond donors (Lipinski definition) is 1. The molecule has 0 aliphatic rings. The molecule has 0 bridgehead atoms. The van der Waals surface area contributed by atoms with Crippen LogP contribution in [0.5, 0.6) is 0 Å². The van der Waals surface area contributed by atoms with E-state index < -0.39 is 11.5 Å². The lowest BCUT2D eigenvalue weighted by molar-refractivity contribution is -0.140. The Hall–Kier alpha value is -2.22. The Labute approximate surface area is 86.2 Å². The van der Waals surface area contributed by atoms with Gasteiger partial charge in [0.25, 0.3) is 0 Å². The van der Waals surface area contributed by atoms with Crippen molar-refractivity contribution < 1.29 is 19.1 Å². The summed E-state index contributed by atoms with van der Waals surface area (Å²) in [6.07, 6.45) is 2.87. The molecule has 1 rings (SSSR count). The van der Waals surface area contributed by atoms with E-state index in [-0.39, 0.29) is 12.4 Å². The standard InChI is InChI=1S/C10H9NO4/c1-7(12)9(4-11)10(13)15-6-8-2-3-14-5-8/h2-3,5,12H,6H2,1H3. The first-order valence-electron chi connectivity index (χ1n) is 4.13. The van der Waals surface area contributed by atoms with Crippen molar-refractivity contribution in [3.05, 3.63) is 35.5 Å². The number of aliphatic hydroxyl groups excluding tert-OH is 1. The number of furan rings is 1. The summed E-state index contributed by atoms with van der Waals surface area (Å²) in [6.45, 7) is 1.26. The Bertz CT molecular complexity index is 407. The normalized spacial score (nSPS) is 11.5. The number of ether oxygens (including phenoxy) is 1. The second kappa shape index (κ2) is 4.86. The fourth-order valence-corrected chi connectivity index (χ4v) is 0.870. The molecule has 5 heteroatoms. The molecule has 1 heterocycles. The summed E-state index contributed by atoms with van der Waals surface area (Å²) in [5.74, 6) is -1.20. The molecule has 1 aromatic rings. The third-order valence-electron chi connectivity index (χ3n) is 1.63. The van der Waals surface area contributed by atoms with E-state index in [0.717, 1.165) is 0 Å². The second-order valence-corrected chi connectivity index (χ2v) is 2.78. The van der Waals surface area contributed by atoms with Gasteiger partial charge in [0.15, 0.2) is 5.57 Å². The van der Waals surface area contributed by atoms with Crippen LogP contribution < -0.4 is 0 Å². The molecule has 0 atom stereocenters. The molecule has 0 saturated carbocycles. The first-order chi connectivity index (χ1) is 7.15. The summed E-state index contributed by atoms with van der Waals surface area (Å²) < 4.78 is 9.52. The Kier molecular flexibility index (Phi) is 3.52. The fourth-order valence-electron chi connectivity index (χ4n) is 0.870. The number of hydrogen-bond acceptors (Lipinski definition) is 5. The van der Waals surface area contributed by atoms with Crippen molar-refractivity contribution in [3.63, 3.8) is 0 Å². The average molecular weight is 207 g/mol. The lowest BCUT2D eigenvalue weighted by Gasteiger charge is -2.01. The molecule has 78 valence electrons. The molecule has 0 spiro atoms. The van der Waals surface area contributed by atoms with Crippen LogP contribution >= 0.6 is 0 Å². The van der Waals surface area contributed by atoms with E-state index in [0.29, 0.717) is 5.56 Å². The lowest BCUT2D eigenvalue weighted by Crippen LogP contribution is -2.08. The third kappa shape index (κ3) is 2.88. The monoisotopic (exact) mass is 207 g/mol. The maximum Gasteiger partial charge on any atom is 0.352 e. The second-order valence-electron chi connectivity index (χ2n) is 2.78. The molecule has 0 radical (unpaired) electrons. The fraction of sp³-hybridized carbons (Fsp3) is 0.200. The van der Waals surface area contributed by atoms with Gasteiger partial charge in [-0.15, -0.1) is 0 Å². The highest BCUT2D eigenvalue weighted by Crippen LogP contribution is 2.06. The summed E-state index contributed by atoms with van der Waals surface area (Å²) in [6, 6.07) is 3.20. The minimum atomic E-state index is -0.848. The zero-order valence-electron chi connectivity index (χ0n) is 8.06. The lowest BCUT2D eigenvalue weighted by atomic mass is 10.2. The molecule has 0 fully saturated rings. The number of nitrogens with zero attached hydrogens (tertiary/aromatic N) is 1. The van der Waals surface area contributed by atoms with E-state index in [2.05, 4.69) is 0 Å². The van der Waals surface area contributed by atoms with Crippen LogP contribution in [-0.2, 0) is 16.1 Å². The van der Waals surface area contributed by atoms with Crippen molar-refractivity contribution >= 4 is 5.97 Å². The molecule has 0 unspecified atom stereocenters. The molecule has 1 N–H and O–H groups in total. The van der Waals surface area contributed by atoms with Crippen LogP contribution in [0, 0.1) is 11.3 Å². The van der Waals surface area contributed by atoms with Crippen molar-refractivity contribution in [2.75, 3.05) is 0 Å². The van der Waals surface area contributed by atoms with Crippen LogP contribution in [0.4, 0.5) is 0 Å². The van der Waals surface area contributed by atoms with Crippen LogP contribution in [0.3, 0.4) is 0 Å². The molecule has 5 nitrogen and oxygen atoms in total. The highest BCUT2D eigenvalue weighted by molar-refractivity contribution is 5.93. The van der Waals surface area contributed by atoms with E-state index in [4.69, 9.17) is 19.5 Å². The van der Waals surface area contributed by atoms with Crippen molar-refractivity contribution in [2.45, 2.75) is 13.5 Å². The number of allylic oxidation sites excluding steroid dienone is 1.